The maximum atomic E-state index is 15.6. The van der Waals surface area contributed by atoms with E-state index in [9.17, 15) is 14.7 Å². The van der Waals surface area contributed by atoms with E-state index >= 15 is 4.39 Å². The Balaban J connectivity index is 1.40. The van der Waals surface area contributed by atoms with Crippen LogP contribution in [0.15, 0.2) is 47.4 Å². The SMILES string of the molecule is CCC[C@]1(Nc2cc3c(c(N)c2F)c(=O)c(C(=O)O)cn3C(C)C)C[C@@H](N[C@@H]2C[C@H]2c2ccccc2)C1. The van der Waals surface area contributed by atoms with Gasteiger partial charge in [-0.05, 0) is 51.2 Å². The average Bonchev–Trinajstić information content (AvgIpc) is 3.60. The predicted molar refractivity (Wildman–Crippen MR) is 145 cm³/mol. The van der Waals surface area contributed by atoms with Gasteiger partial charge in [0.2, 0.25) is 5.43 Å². The van der Waals surface area contributed by atoms with E-state index in [1.807, 2.05) is 19.9 Å². The van der Waals surface area contributed by atoms with E-state index in [4.69, 9.17) is 5.73 Å². The molecule has 2 fully saturated rings. The number of nitrogens with zero attached hydrogens (tertiary/aromatic N) is 1. The second-order valence-electron chi connectivity index (χ2n) is 11.0. The number of carboxylic acid groups (broad SMARTS) is 1. The number of fused-ring (bicyclic) bond motifs is 1. The van der Waals surface area contributed by atoms with Gasteiger partial charge in [0, 0.05) is 35.8 Å². The van der Waals surface area contributed by atoms with Crippen LogP contribution in [-0.4, -0.2) is 33.3 Å². The third-order valence-corrected chi connectivity index (χ3v) is 7.95. The van der Waals surface area contributed by atoms with E-state index in [2.05, 4.69) is 41.8 Å². The molecule has 2 atom stereocenters. The van der Waals surface area contributed by atoms with Gasteiger partial charge in [-0.1, -0.05) is 43.7 Å². The summed E-state index contributed by atoms with van der Waals surface area (Å²) in [4.78, 5) is 24.6. The first-order valence-electron chi connectivity index (χ1n) is 13.1. The summed E-state index contributed by atoms with van der Waals surface area (Å²) in [5, 5.41) is 16.7. The van der Waals surface area contributed by atoms with Crippen LogP contribution in [0.3, 0.4) is 0 Å². The largest absolute Gasteiger partial charge is 0.477 e. The van der Waals surface area contributed by atoms with Gasteiger partial charge in [0.25, 0.3) is 0 Å². The van der Waals surface area contributed by atoms with Crippen LogP contribution >= 0.6 is 0 Å². The number of anilines is 2. The summed E-state index contributed by atoms with van der Waals surface area (Å²) in [6.07, 6.45) is 6.01. The Morgan fingerprint density at radius 2 is 1.97 bits per heavy atom. The molecule has 2 saturated carbocycles. The quantitative estimate of drug-likeness (QED) is 0.295. The van der Waals surface area contributed by atoms with Gasteiger partial charge in [0.15, 0.2) is 5.82 Å². The number of pyridine rings is 1. The average molecular weight is 507 g/mol. The van der Waals surface area contributed by atoms with E-state index in [1.165, 1.54) is 11.8 Å². The minimum atomic E-state index is -1.36. The molecular weight excluding hydrogens is 471 g/mol. The van der Waals surface area contributed by atoms with Crippen molar-refractivity contribution in [1.29, 1.82) is 0 Å². The molecule has 8 heteroatoms. The molecule has 0 saturated heterocycles. The molecule has 5 rings (SSSR count). The van der Waals surface area contributed by atoms with Gasteiger partial charge >= 0.3 is 5.97 Å². The number of nitrogens with one attached hydrogen (secondary N) is 2. The maximum Gasteiger partial charge on any atom is 0.341 e. The lowest BCUT2D eigenvalue weighted by Gasteiger charge is -2.49. The molecule has 0 radical (unpaired) electrons. The van der Waals surface area contributed by atoms with Gasteiger partial charge in [-0.25, -0.2) is 9.18 Å². The van der Waals surface area contributed by atoms with Crippen molar-refractivity contribution in [2.45, 2.75) is 82.5 Å². The fourth-order valence-corrected chi connectivity index (χ4v) is 6.06. The number of carbonyl (C=O) groups is 1. The number of rotatable bonds is 9. The molecular formula is C29H35FN4O3. The summed E-state index contributed by atoms with van der Waals surface area (Å²) in [5.74, 6) is -1.51. The second kappa shape index (κ2) is 9.49. The maximum absolute atomic E-state index is 15.6. The summed E-state index contributed by atoms with van der Waals surface area (Å²) in [5.41, 5.74) is 6.43. The van der Waals surface area contributed by atoms with Crippen molar-refractivity contribution in [3.63, 3.8) is 0 Å². The third-order valence-electron chi connectivity index (χ3n) is 7.95. The molecule has 196 valence electrons. The summed E-state index contributed by atoms with van der Waals surface area (Å²) >= 11 is 0. The minimum absolute atomic E-state index is 0.0879. The van der Waals surface area contributed by atoms with E-state index in [0.29, 0.717) is 23.5 Å². The zero-order valence-electron chi connectivity index (χ0n) is 21.6. The highest BCUT2D eigenvalue weighted by Crippen LogP contribution is 2.46. The van der Waals surface area contributed by atoms with Crippen LogP contribution in [0.25, 0.3) is 10.9 Å². The van der Waals surface area contributed by atoms with Crippen molar-refractivity contribution in [3.05, 3.63) is 69.8 Å². The summed E-state index contributed by atoms with van der Waals surface area (Å²) in [7, 11) is 0. The van der Waals surface area contributed by atoms with Gasteiger partial charge in [0.05, 0.1) is 22.3 Å². The number of hydrogen-bond donors (Lipinski definition) is 4. The lowest BCUT2D eigenvalue weighted by Crippen LogP contribution is -2.58. The highest BCUT2D eigenvalue weighted by molar-refractivity contribution is 5.99. The number of halogens is 1. The molecule has 0 spiro atoms. The van der Waals surface area contributed by atoms with Crippen molar-refractivity contribution >= 4 is 28.2 Å². The standard InChI is InChI=1S/C29H35FN4O3/c1-4-10-29(13-18(14-29)32-21-11-19(21)17-8-6-5-7-9-17)33-22-12-23-24(26(31)25(22)30)27(35)20(28(36)37)15-34(23)16(2)3/h5-9,12,15-16,18-19,21,32-33H,4,10-11,13-14,31H2,1-3H3,(H,36,37)/t18-,19-,21+,29+/m0/s1. The molecule has 0 amide bonds. The molecule has 0 bridgehead atoms. The lowest BCUT2D eigenvalue weighted by molar-refractivity contribution is 0.0694. The zero-order valence-corrected chi connectivity index (χ0v) is 21.6. The number of aromatic nitrogens is 1. The minimum Gasteiger partial charge on any atom is -0.477 e. The monoisotopic (exact) mass is 506 g/mol. The Kier molecular flexibility index (Phi) is 6.48. The zero-order chi connectivity index (χ0) is 26.5. The highest BCUT2D eigenvalue weighted by Gasteiger charge is 2.48. The first-order chi connectivity index (χ1) is 17.6. The topological polar surface area (TPSA) is 109 Å². The normalized spacial score (nSPS) is 24.7. The number of aromatic carboxylic acids is 1. The fraction of sp³-hybridized carbons (Fsp3) is 0.448. The molecule has 2 aliphatic rings. The molecule has 1 aromatic heterocycles. The van der Waals surface area contributed by atoms with Crippen LogP contribution in [-0.2, 0) is 0 Å². The fourth-order valence-electron chi connectivity index (χ4n) is 6.06. The number of carboxylic acids is 1. The van der Waals surface area contributed by atoms with Crippen LogP contribution in [0.4, 0.5) is 15.8 Å². The van der Waals surface area contributed by atoms with Crippen molar-refractivity contribution in [3.8, 4) is 0 Å². The van der Waals surface area contributed by atoms with Crippen LogP contribution < -0.4 is 21.8 Å². The summed E-state index contributed by atoms with van der Waals surface area (Å²) in [6.45, 7) is 5.87. The lowest BCUT2D eigenvalue weighted by atomic mass is 9.69. The van der Waals surface area contributed by atoms with E-state index < -0.39 is 22.8 Å². The van der Waals surface area contributed by atoms with Gasteiger partial charge in [-0.15, -0.1) is 0 Å². The molecule has 5 N–H and O–H groups in total. The van der Waals surface area contributed by atoms with Crippen LogP contribution in [0.1, 0.15) is 80.8 Å². The second-order valence-corrected chi connectivity index (χ2v) is 11.0. The highest BCUT2D eigenvalue weighted by atomic mass is 19.1. The third kappa shape index (κ3) is 4.59. The van der Waals surface area contributed by atoms with Crippen LogP contribution in [0, 0.1) is 5.82 Å². The first kappa shape index (κ1) is 25.3. The van der Waals surface area contributed by atoms with Gasteiger partial charge in [-0.2, -0.15) is 0 Å². The number of nitrogen functional groups attached to an aromatic ring is 1. The number of nitrogens with two attached hydrogens (primary N) is 1. The molecule has 0 unspecified atom stereocenters. The Labute approximate surface area is 215 Å². The summed E-state index contributed by atoms with van der Waals surface area (Å²) in [6, 6.07) is 12.8. The van der Waals surface area contributed by atoms with Crippen molar-refractivity contribution in [2.75, 3.05) is 11.1 Å². The molecule has 7 nitrogen and oxygen atoms in total. The Hall–Kier alpha value is -3.39. The summed E-state index contributed by atoms with van der Waals surface area (Å²) < 4.78 is 17.2. The Morgan fingerprint density at radius 1 is 1.27 bits per heavy atom. The smallest absolute Gasteiger partial charge is 0.341 e. The van der Waals surface area contributed by atoms with Gasteiger partial charge in [-0.3, -0.25) is 4.79 Å². The molecule has 2 aliphatic carbocycles. The molecule has 3 aromatic rings. The van der Waals surface area contributed by atoms with Crippen LogP contribution in [0.5, 0.6) is 0 Å². The van der Waals surface area contributed by atoms with Crippen LogP contribution in [0.2, 0.25) is 0 Å². The van der Waals surface area contributed by atoms with E-state index in [1.54, 1.807) is 10.6 Å². The molecule has 1 heterocycles. The molecule has 0 aliphatic heterocycles. The van der Waals surface area contributed by atoms with Gasteiger partial charge in [0.1, 0.15) is 5.56 Å². The van der Waals surface area contributed by atoms with E-state index in [0.717, 1.165) is 32.1 Å². The van der Waals surface area contributed by atoms with E-state index in [-0.39, 0.29) is 28.3 Å². The molecule has 37 heavy (non-hydrogen) atoms. The van der Waals surface area contributed by atoms with Gasteiger partial charge < -0.3 is 26.0 Å². The number of hydrogen-bond acceptors (Lipinski definition) is 5. The first-order valence-corrected chi connectivity index (χ1v) is 13.1. The Morgan fingerprint density at radius 3 is 2.59 bits per heavy atom. The van der Waals surface area contributed by atoms with Crippen molar-refractivity contribution in [1.82, 2.24) is 9.88 Å². The van der Waals surface area contributed by atoms with Crippen molar-refractivity contribution in [2.24, 2.45) is 0 Å². The predicted octanol–water partition coefficient (Wildman–Crippen LogP) is 5.26. The molecule has 2 aromatic carbocycles. The number of benzene rings is 2. The Bertz CT molecular complexity index is 1400. The van der Waals surface area contributed by atoms with Crippen molar-refractivity contribution < 1.29 is 14.3 Å².